The molecule has 1 atom stereocenters. The number of hydrogen-bond acceptors (Lipinski definition) is 5. The highest BCUT2D eigenvalue weighted by Crippen LogP contribution is 2.33. The molecule has 4 rings (SSSR count). The number of nitrogens with one attached hydrogen (secondary N) is 1. The first-order valence-electron chi connectivity index (χ1n) is 10.4. The van der Waals surface area contributed by atoms with Gasteiger partial charge in [0.15, 0.2) is 0 Å². The van der Waals surface area contributed by atoms with Gasteiger partial charge in [-0.05, 0) is 41.7 Å². The average molecular weight is 389 g/mol. The maximum atomic E-state index is 9.56. The lowest BCUT2D eigenvalue weighted by atomic mass is 9.85. The highest BCUT2D eigenvalue weighted by atomic mass is 32.1. The van der Waals surface area contributed by atoms with Gasteiger partial charge in [0.25, 0.3) is 0 Å². The maximum absolute atomic E-state index is 9.56. The number of nitrogens with zero attached hydrogens (tertiary/aromatic N) is 3. The van der Waals surface area contributed by atoms with Crippen molar-refractivity contribution >= 4 is 11.3 Å². The Balaban J connectivity index is 1.38. The Bertz CT molecular complexity index is 680. The minimum atomic E-state index is 0.262. The van der Waals surface area contributed by atoms with Crippen LogP contribution in [0.2, 0.25) is 0 Å². The molecule has 0 bridgehead atoms. The van der Waals surface area contributed by atoms with Gasteiger partial charge in [-0.1, -0.05) is 19.3 Å². The summed E-state index contributed by atoms with van der Waals surface area (Å²) in [5, 5.41) is 21.6. The fourth-order valence-electron chi connectivity index (χ4n) is 4.78. The zero-order valence-electron chi connectivity index (χ0n) is 16.1. The van der Waals surface area contributed by atoms with E-state index in [0.717, 1.165) is 39.1 Å². The van der Waals surface area contributed by atoms with Crippen molar-refractivity contribution in [3.8, 4) is 0 Å². The number of aliphatic hydroxyl groups excluding tert-OH is 1. The molecule has 6 heteroatoms. The van der Waals surface area contributed by atoms with E-state index in [1.54, 1.807) is 11.3 Å². The van der Waals surface area contributed by atoms with Crippen molar-refractivity contribution in [3.63, 3.8) is 0 Å². The first-order valence-corrected chi connectivity index (χ1v) is 11.4. The standard InChI is InChI=1S/C21H32N4OS/c26-10-6-20-15-24(8-9-25(20)13-17-7-11-27-16-17)14-19-12-22-23-21(19)18-4-2-1-3-5-18/h7,11-12,16,18,20,26H,1-6,8-10,13-15H2,(H,22,23)/t20-/m0/s1. The molecule has 1 saturated carbocycles. The highest BCUT2D eigenvalue weighted by molar-refractivity contribution is 7.07. The van der Waals surface area contributed by atoms with Crippen LogP contribution in [0.3, 0.4) is 0 Å². The number of thiophene rings is 1. The molecule has 1 aliphatic heterocycles. The van der Waals surface area contributed by atoms with E-state index in [1.165, 1.54) is 48.9 Å². The van der Waals surface area contributed by atoms with Crippen molar-refractivity contribution in [1.29, 1.82) is 0 Å². The smallest absolute Gasteiger partial charge is 0.0535 e. The SMILES string of the molecule is OCC[C@H]1CN(Cc2cn[nH]c2C2CCCCC2)CCN1Cc1ccsc1. The van der Waals surface area contributed by atoms with Crippen molar-refractivity contribution in [2.75, 3.05) is 26.2 Å². The lowest BCUT2D eigenvalue weighted by Crippen LogP contribution is -2.52. The van der Waals surface area contributed by atoms with Gasteiger partial charge < -0.3 is 5.11 Å². The molecule has 0 unspecified atom stereocenters. The van der Waals surface area contributed by atoms with Crippen LogP contribution < -0.4 is 0 Å². The Morgan fingerprint density at radius 2 is 2.07 bits per heavy atom. The van der Waals surface area contributed by atoms with Crippen molar-refractivity contribution in [1.82, 2.24) is 20.0 Å². The van der Waals surface area contributed by atoms with Gasteiger partial charge in [0, 0.05) is 62.5 Å². The third kappa shape index (κ3) is 4.80. The van der Waals surface area contributed by atoms with Crippen LogP contribution in [0.5, 0.6) is 0 Å². The number of aliphatic hydroxyl groups is 1. The Labute approximate surface area is 166 Å². The summed E-state index contributed by atoms with van der Waals surface area (Å²) in [7, 11) is 0. The molecule has 3 heterocycles. The van der Waals surface area contributed by atoms with E-state index in [9.17, 15) is 5.11 Å². The molecule has 1 aliphatic carbocycles. The maximum Gasteiger partial charge on any atom is 0.0535 e. The van der Waals surface area contributed by atoms with Crippen LogP contribution in [-0.4, -0.2) is 57.4 Å². The van der Waals surface area contributed by atoms with Gasteiger partial charge in [0.05, 0.1) is 6.20 Å². The predicted octanol–water partition coefficient (Wildman–Crippen LogP) is 3.59. The van der Waals surface area contributed by atoms with Crippen LogP contribution in [0.25, 0.3) is 0 Å². The molecule has 2 fully saturated rings. The van der Waals surface area contributed by atoms with Crippen molar-refractivity contribution < 1.29 is 5.11 Å². The predicted molar refractivity (Wildman–Crippen MR) is 110 cm³/mol. The monoisotopic (exact) mass is 388 g/mol. The Morgan fingerprint density at radius 1 is 1.19 bits per heavy atom. The topological polar surface area (TPSA) is 55.4 Å². The summed E-state index contributed by atoms with van der Waals surface area (Å²) in [6.07, 6.45) is 9.58. The summed E-state index contributed by atoms with van der Waals surface area (Å²) < 4.78 is 0. The van der Waals surface area contributed by atoms with E-state index < -0.39 is 0 Å². The van der Waals surface area contributed by atoms with Gasteiger partial charge in [-0.25, -0.2) is 0 Å². The molecule has 1 saturated heterocycles. The molecule has 0 aromatic carbocycles. The summed E-state index contributed by atoms with van der Waals surface area (Å²) in [6, 6.07) is 2.64. The summed E-state index contributed by atoms with van der Waals surface area (Å²) in [5.41, 5.74) is 4.16. The summed E-state index contributed by atoms with van der Waals surface area (Å²) >= 11 is 1.76. The number of aromatic nitrogens is 2. The molecule has 5 nitrogen and oxygen atoms in total. The molecular formula is C21H32N4OS. The van der Waals surface area contributed by atoms with E-state index >= 15 is 0 Å². The number of piperazine rings is 1. The van der Waals surface area contributed by atoms with Gasteiger partial charge in [-0.3, -0.25) is 14.9 Å². The quantitative estimate of drug-likeness (QED) is 0.761. The van der Waals surface area contributed by atoms with Crippen LogP contribution >= 0.6 is 11.3 Å². The van der Waals surface area contributed by atoms with Gasteiger partial charge in [-0.2, -0.15) is 16.4 Å². The zero-order valence-corrected chi connectivity index (χ0v) is 17.0. The molecule has 2 N–H and O–H groups in total. The van der Waals surface area contributed by atoms with Crippen LogP contribution in [0.15, 0.2) is 23.0 Å². The third-order valence-electron chi connectivity index (χ3n) is 6.28. The average Bonchev–Trinajstić information content (AvgIpc) is 3.37. The molecule has 27 heavy (non-hydrogen) atoms. The molecular weight excluding hydrogens is 356 g/mol. The van der Waals surface area contributed by atoms with Crippen LogP contribution in [0.1, 0.15) is 61.3 Å². The first kappa shape index (κ1) is 19.1. The van der Waals surface area contributed by atoms with E-state index in [-0.39, 0.29) is 6.61 Å². The van der Waals surface area contributed by atoms with E-state index in [2.05, 4.69) is 36.8 Å². The van der Waals surface area contributed by atoms with Crippen molar-refractivity contribution in [2.24, 2.45) is 0 Å². The van der Waals surface area contributed by atoms with Crippen LogP contribution in [0.4, 0.5) is 0 Å². The number of hydrogen-bond donors (Lipinski definition) is 2. The second-order valence-corrected chi connectivity index (χ2v) is 8.93. The highest BCUT2D eigenvalue weighted by Gasteiger charge is 2.28. The largest absolute Gasteiger partial charge is 0.396 e. The van der Waals surface area contributed by atoms with Crippen molar-refractivity contribution in [3.05, 3.63) is 39.8 Å². The Kier molecular flexibility index (Phi) is 6.60. The van der Waals surface area contributed by atoms with Gasteiger partial charge in [0.1, 0.15) is 0 Å². The normalized spacial score (nSPS) is 23.1. The lowest BCUT2D eigenvalue weighted by molar-refractivity contribution is 0.0498. The minimum absolute atomic E-state index is 0.262. The second kappa shape index (κ2) is 9.32. The fraction of sp³-hybridized carbons (Fsp3) is 0.667. The molecule has 2 aliphatic rings. The van der Waals surface area contributed by atoms with Gasteiger partial charge in [-0.15, -0.1) is 0 Å². The first-order chi connectivity index (χ1) is 13.3. The molecule has 0 amide bonds. The molecule has 148 valence electrons. The molecule has 2 aromatic rings. The second-order valence-electron chi connectivity index (χ2n) is 8.15. The lowest BCUT2D eigenvalue weighted by Gasteiger charge is -2.41. The number of rotatable bonds is 7. The summed E-state index contributed by atoms with van der Waals surface area (Å²) in [5.74, 6) is 0.671. The van der Waals surface area contributed by atoms with Gasteiger partial charge >= 0.3 is 0 Å². The molecule has 2 aromatic heterocycles. The Hall–Kier alpha value is -1.21. The fourth-order valence-corrected chi connectivity index (χ4v) is 5.44. The molecule has 0 spiro atoms. The van der Waals surface area contributed by atoms with E-state index in [1.807, 2.05) is 6.20 Å². The van der Waals surface area contributed by atoms with Crippen LogP contribution in [0, 0.1) is 0 Å². The third-order valence-corrected chi connectivity index (χ3v) is 7.01. The van der Waals surface area contributed by atoms with Crippen LogP contribution in [-0.2, 0) is 13.1 Å². The minimum Gasteiger partial charge on any atom is -0.396 e. The summed E-state index contributed by atoms with van der Waals surface area (Å²) in [4.78, 5) is 5.10. The Morgan fingerprint density at radius 3 is 2.85 bits per heavy atom. The number of H-pyrrole nitrogens is 1. The molecule has 0 radical (unpaired) electrons. The zero-order chi connectivity index (χ0) is 18.5. The van der Waals surface area contributed by atoms with E-state index in [0.29, 0.717) is 12.0 Å². The van der Waals surface area contributed by atoms with Crippen molar-refractivity contribution in [2.45, 2.75) is 63.6 Å². The number of aromatic amines is 1. The van der Waals surface area contributed by atoms with Gasteiger partial charge in [0.2, 0.25) is 0 Å². The van der Waals surface area contributed by atoms with E-state index in [4.69, 9.17) is 0 Å². The summed E-state index contributed by atoms with van der Waals surface area (Å²) in [6.45, 7) is 5.42.